The van der Waals surface area contributed by atoms with Gasteiger partial charge in [0.15, 0.2) is 11.6 Å². The fraction of sp³-hybridized carbons (Fsp3) is 0.400. The molecule has 0 bridgehead atoms. The van der Waals surface area contributed by atoms with Gasteiger partial charge in [-0.25, -0.2) is 8.78 Å². The van der Waals surface area contributed by atoms with Crippen molar-refractivity contribution in [3.05, 3.63) is 33.8 Å². The molecule has 84 valence electrons. The number of rotatable bonds is 3. The van der Waals surface area contributed by atoms with Crippen molar-refractivity contribution in [1.82, 2.24) is 0 Å². The maximum atomic E-state index is 13.0. The average molecular weight is 280 g/mol. The minimum atomic E-state index is -0.943. The second-order valence-corrected chi connectivity index (χ2v) is 4.52. The van der Waals surface area contributed by atoms with E-state index in [0.29, 0.717) is 10.0 Å². The highest BCUT2D eigenvalue weighted by Gasteiger charge is 2.27. The van der Waals surface area contributed by atoms with E-state index in [1.54, 1.807) is 6.92 Å². The molecule has 1 unspecified atom stereocenters. The molecule has 0 spiro atoms. The molecule has 0 amide bonds. The van der Waals surface area contributed by atoms with Crippen molar-refractivity contribution in [2.75, 3.05) is 13.2 Å². The van der Waals surface area contributed by atoms with Crippen LogP contribution in [0.2, 0.25) is 0 Å². The number of hydrogen-bond donors (Lipinski definition) is 2. The van der Waals surface area contributed by atoms with Crippen LogP contribution >= 0.6 is 15.9 Å². The molecule has 5 heteroatoms. The van der Waals surface area contributed by atoms with Gasteiger partial charge >= 0.3 is 0 Å². The molecule has 1 rings (SSSR count). The summed E-state index contributed by atoms with van der Waals surface area (Å²) in [7, 11) is 0. The average Bonchev–Trinajstić information content (AvgIpc) is 2.22. The maximum absolute atomic E-state index is 13.0. The minimum absolute atomic E-state index is 0.146. The molecular formula is C10H12BrF2NO. The molecule has 0 saturated carbocycles. The van der Waals surface area contributed by atoms with Gasteiger partial charge < -0.3 is 10.8 Å². The van der Waals surface area contributed by atoms with Gasteiger partial charge in [0.2, 0.25) is 0 Å². The van der Waals surface area contributed by atoms with Crippen molar-refractivity contribution >= 4 is 15.9 Å². The van der Waals surface area contributed by atoms with Gasteiger partial charge in [0.25, 0.3) is 0 Å². The second-order valence-electron chi connectivity index (χ2n) is 3.67. The van der Waals surface area contributed by atoms with Crippen molar-refractivity contribution < 1.29 is 13.9 Å². The van der Waals surface area contributed by atoms with Crippen molar-refractivity contribution in [3.8, 4) is 0 Å². The smallest absolute Gasteiger partial charge is 0.159 e. The Morgan fingerprint density at radius 2 is 1.93 bits per heavy atom. The third-order valence-corrected chi connectivity index (χ3v) is 3.12. The number of hydrogen-bond acceptors (Lipinski definition) is 2. The zero-order chi connectivity index (χ0) is 11.6. The minimum Gasteiger partial charge on any atom is -0.395 e. The first-order valence-corrected chi connectivity index (χ1v) is 5.20. The van der Waals surface area contributed by atoms with E-state index in [2.05, 4.69) is 15.9 Å². The van der Waals surface area contributed by atoms with Crippen LogP contribution in [0.15, 0.2) is 16.6 Å². The summed E-state index contributed by atoms with van der Waals surface area (Å²) in [6, 6.07) is 2.09. The largest absolute Gasteiger partial charge is 0.395 e. The van der Waals surface area contributed by atoms with E-state index in [1.807, 2.05) is 0 Å². The SMILES string of the molecule is CC(CN)(CO)c1cc(F)c(F)cc1Br. The van der Waals surface area contributed by atoms with Gasteiger partial charge in [-0.3, -0.25) is 0 Å². The predicted octanol–water partition coefficient (Wildman–Crippen LogP) is 1.94. The van der Waals surface area contributed by atoms with Crippen LogP contribution in [0.4, 0.5) is 8.78 Å². The van der Waals surface area contributed by atoms with Crippen LogP contribution < -0.4 is 5.73 Å². The molecule has 0 saturated heterocycles. The summed E-state index contributed by atoms with van der Waals surface area (Å²) >= 11 is 3.13. The number of benzene rings is 1. The Kier molecular flexibility index (Phi) is 3.81. The Labute approximate surface area is 95.2 Å². The normalized spacial score (nSPS) is 15.1. The zero-order valence-corrected chi connectivity index (χ0v) is 9.81. The quantitative estimate of drug-likeness (QED) is 0.831. The van der Waals surface area contributed by atoms with Crippen LogP contribution in [0.25, 0.3) is 0 Å². The molecule has 1 aromatic rings. The molecular weight excluding hydrogens is 268 g/mol. The Hall–Kier alpha value is -0.520. The summed E-state index contributed by atoms with van der Waals surface area (Å²) in [5.41, 5.74) is 5.20. The lowest BCUT2D eigenvalue weighted by Crippen LogP contribution is -2.36. The summed E-state index contributed by atoms with van der Waals surface area (Å²) in [6.07, 6.45) is 0. The van der Waals surface area contributed by atoms with Gasteiger partial charge in [-0.2, -0.15) is 0 Å². The molecule has 0 aliphatic rings. The van der Waals surface area contributed by atoms with Gasteiger partial charge in [-0.05, 0) is 17.7 Å². The Balaban J connectivity index is 3.30. The van der Waals surface area contributed by atoms with E-state index < -0.39 is 17.0 Å². The summed E-state index contributed by atoms with van der Waals surface area (Å²) < 4.78 is 26.3. The fourth-order valence-corrected chi connectivity index (χ4v) is 2.04. The van der Waals surface area contributed by atoms with Gasteiger partial charge in [-0.15, -0.1) is 0 Å². The highest BCUT2D eigenvalue weighted by molar-refractivity contribution is 9.10. The van der Waals surface area contributed by atoms with Gasteiger partial charge in [0.05, 0.1) is 6.61 Å². The van der Waals surface area contributed by atoms with Gasteiger partial charge in [-0.1, -0.05) is 22.9 Å². The lowest BCUT2D eigenvalue weighted by molar-refractivity contribution is 0.209. The molecule has 0 fully saturated rings. The van der Waals surface area contributed by atoms with Crippen molar-refractivity contribution in [2.45, 2.75) is 12.3 Å². The van der Waals surface area contributed by atoms with Crippen LogP contribution in [0, 0.1) is 11.6 Å². The lowest BCUT2D eigenvalue weighted by atomic mass is 9.83. The number of halogens is 3. The van der Waals surface area contributed by atoms with E-state index in [9.17, 15) is 13.9 Å². The number of aliphatic hydroxyl groups is 1. The second kappa shape index (κ2) is 4.55. The highest BCUT2D eigenvalue weighted by atomic mass is 79.9. The van der Waals surface area contributed by atoms with E-state index >= 15 is 0 Å². The topological polar surface area (TPSA) is 46.2 Å². The zero-order valence-electron chi connectivity index (χ0n) is 8.23. The molecule has 0 aliphatic carbocycles. The molecule has 15 heavy (non-hydrogen) atoms. The first-order valence-electron chi connectivity index (χ1n) is 4.40. The van der Waals surface area contributed by atoms with E-state index in [1.165, 1.54) is 0 Å². The van der Waals surface area contributed by atoms with E-state index in [-0.39, 0.29) is 13.2 Å². The Bertz CT molecular complexity index is 367. The molecule has 1 aromatic carbocycles. The van der Waals surface area contributed by atoms with Crippen LogP contribution in [0.1, 0.15) is 12.5 Å². The summed E-state index contributed by atoms with van der Waals surface area (Å²) in [5.74, 6) is -1.87. The molecule has 0 aromatic heterocycles. The first kappa shape index (κ1) is 12.5. The van der Waals surface area contributed by atoms with Crippen molar-refractivity contribution in [2.24, 2.45) is 5.73 Å². The molecule has 1 atom stereocenters. The van der Waals surface area contributed by atoms with Crippen LogP contribution in [0.3, 0.4) is 0 Å². The predicted molar refractivity (Wildman–Crippen MR) is 57.6 cm³/mol. The van der Waals surface area contributed by atoms with Crippen LogP contribution in [0.5, 0.6) is 0 Å². The van der Waals surface area contributed by atoms with E-state index in [0.717, 1.165) is 12.1 Å². The highest BCUT2D eigenvalue weighted by Crippen LogP contribution is 2.31. The third-order valence-electron chi connectivity index (χ3n) is 2.46. The van der Waals surface area contributed by atoms with Crippen LogP contribution in [-0.4, -0.2) is 18.3 Å². The molecule has 0 aliphatic heterocycles. The summed E-state index contributed by atoms with van der Waals surface area (Å²) in [5, 5.41) is 9.21. The van der Waals surface area contributed by atoms with Gasteiger partial charge in [0.1, 0.15) is 0 Å². The van der Waals surface area contributed by atoms with E-state index in [4.69, 9.17) is 5.73 Å². The fourth-order valence-electron chi connectivity index (χ4n) is 1.24. The van der Waals surface area contributed by atoms with Crippen LogP contribution in [-0.2, 0) is 5.41 Å². The Morgan fingerprint density at radius 3 is 2.40 bits per heavy atom. The maximum Gasteiger partial charge on any atom is 0.159 e. The Morgan fingerprint density at radius 1 is 1.40 bits per heavy atom. The first-order chi connectivity index (χ1) is 6.94. The summed E-state index contributed by atoms with van der Waals surface area (Å²) in [6.45, 7) is 1.60. The molecule has 3 N–H and O–H groups in total. The molecule has 0 heterocycles. The molecule has 0 radical (unpaired) electrons. The van der Waals surface area contributed by atoms with Crippen molar-refractivity contribution in [3.63, 3.8) is 0 Å². The number of aliphatic hydroxyl groups excluding tert-OH is 1. The molecule has 2 nitrogen and oxygen atoms in total. The standard InChI is InChI=1S/C10H12BrF2NO/c1-10(4-14,5-15)6-2-8(12)9(13)3-7(6)11/h2-3,15H,4-5,14H2,1H3. The van der Waals surface area contributed by atoms with Crippen molar-refractivity contribution in [1.29, 1.82) is 0 Å². The lowest BCUT2D eigenvalue weighted by Gasteiger charge is -2.27. The number of nitrogens with two attached hydrogens (primary N) is 1. The monoisotopic (exact) mass is 279 g/mol. The summed E-state index contributed by atoms with van der Waals surface area (Å²) in [4.78, 5) is 0. The third kappa shape index (κ3) is 2.35. The van der Waals surface area contributed by atoms with Gasteiger partial charge in [0, 0.05) is 16.4 Å².